The average molecular weight is 286 g/mol. The van der Waals surface area contributed by atoms with Crippen molar-refractivity contribution in [3.63, 3.8) is 0 Å². The predicted molar refractivity (Wildman–Crippen MR) is 84.0 cm³/mol. The van der Waals surface area contributed by atoms with E-state index in [2.05, 4.69) is 17.2 Å². The van der Waals surface area contributed by atoms with E-state index in [0.29, 0.717) is 5.88 Å². The zero-order valence-electron chi connectivity index (χ0n) is 12.8. The van der Waals surface area contributed by atoms with Gasteiger partial charge in [0.1, 0.15) is 11.5 Å². The molecule has 0 aliphatic heterocycles. The number of rotatable bonds is 7. The number of nitrogens with one attached hydrogen (secondary N) is 1. The highest BCUT2D eigenvalue weighted by atomic mass is 16.5. The summed E-state index contributed by atoms with van der Waals surface area (Å²) in [5, 5.41) is 3.12. The van der Waals surface area contributed by atoms with E-state index < -0.39 is 0 Å². The maximum absolute atomic E-state index is 5.76. The number of nitrogens with zero attached hydrogens (tertiary/aromatic N) is 1. The van der Waals surface area contributed by atoms with Gasteiger partial charge in [-0.2, -0.15) is 0 Å². The zero-order chi connectivity index (χ0) is 15.1. The Balaban J connectivity index is 2.02. The summed E-state index contributed by atoms with van der Waals surface area (Å²) in [6, 6.07) is 11.5. The molecule has 0 atom stereocenters. The van der Waals surface area contributed by atoms with Crippen molar-refractivity contribution in [3.8, 4) is 17.4 Å². The molecule has 1 aromatic heterocycles. The molecule has 1 N–H and O–H groups in total. The van der Waals surface area contributed by atoms with Crippen molar-refractivity contribution in [2.45, 2.75) is 26.8 Å². The second kappa shape index (κ2) is 7.64. The molecule has 0 saturated heterocycles. The van der Waals surface area contributed by atoms with Crippen molar-refractivity contribution in [2.24, 2.45) is 0 Å². The molecule has 0 radical (unpaired) electrons. The van der Waals surface area contributed by atoms with Gasteiger partial charge >= 0.3 is 0 Å². The lowest BCUT2D eigenvalue weighted by Crippen LogP contribution is -2.07. The molecule has 112 valence electrons. The Morgan fingerprint density at radius 1 is 1.05 bits per heavy atom. The van der Waals surface area contributed by atoms with E-state index in [9.17, 15) is 0 Å². The summed E-state index contributed by atoms with van der Waals surface area (Å²) < 4.78 is 11.3. The molecule has 0 bridgehead atoms. The molecule has 0 unspecified atom stereocenters. The van der Waals surface area contributed by atoms with Gasteiger partial charge in [0.25, 0.3) is 0 Å². The molecule has 2 aromatic rings. The summed E-state index contributed by atoms with van der Waals surface area (Å²) in [6.45, 7) is 5.61. The van der Waals surface area contributed by atoms with E-state index >= 15 is 0 Å². The van der Waals surface area contributed by atoms with E-state index in [1.165, 1.54) is 5.56 Å². The number of benzene rings is 1. The summed E-state index contributed by atoms with van der Waals surface area (Å²) in [5.74, 6) is 2.22. The first-order valence-corrected chi connectivity index (χ1v) is 7.24. The third-order valence-corrected chi connectivity index (χ3v) is 3.06. The molecule has 1 heterocycles. The topological polar surface area (TPSA) is 43.4 Å². The molecule has 0 aliphatic rings. The van der Waals surface area contributed by atoms with Crippen LogP contribution >= 0.6 is 0 Å². The molecule has 1 aromatic carbocycles. The minimum absolute atomic E-state index is 0.606. The number of pyridine rings is 1. The lowest BCUT2D eigenvalue weighted by atomic mass is 10.2. The standard InChI is InChI=1S/C17H22N2O2/c1-4-11-20-15-6-8-16(9-7-15)21-17-10-5-14(12-18-3)13(2)19-17/h5-10,18H,4,11-12H2,1-3H3. The molecular weight excluding hydrogens is 264 g/mol. The molecule has 0 fully saturated rings. The Hall–Kier alpha value is -2.07. The highest BCUT2D eigenvalue weighted by Crippen LogP contribution is 2.23. The smallest absolute Gasteiger partial charge is 0.219 e. The molecular formula is C17H22N2O2. The fourth-order valence-corrected chi connectivity index (χ4v) is 1.95. The summed E-state index contributed by atoms with van der Waals surface area (Å²) in [7, 11) is 1.92. The molecule has 0 aliphatic carbocycles. The maximum atomic E-state index is 5.76. The summed E-state index contributed by atoms with van der Waals surface area (Å²) >= 11 is 0. The summed E-state index contributed by atoms with van der Waals surface area (Å²) in [4.78, 5) is 4.47. The van der Waals surface area contributed by atoms with Crippen molar-refractivity contribution >= 4 is 0 Å². The van der Waals surface area contributed by atoms with Crippen LogP contribution in [-0.2, 0) is 6.54 Å². The number of hydrogen-bond acceptors (Lipinski definition) is 4. The van der Waals surface area contributed by atoms with Crippen molar-refractivity contribution < 1.29 is 9.47 Å². The number of ether oxygens (including phenoxy) is 2. The van der Waals surface area contributed by atoms with Crippen molar-refractivity contribution in [1.29, 1.82) is 0 Å². The number of aryl methyl sites for hydroxylation is 1. The van der Waals surface area contributed by atoms with Gasteiger partial charge in [0.2, 0.25) is 5.88 Å². The van der Waals surface area contributed by atoms with Crippen LogP contribution in [0.15, 0.2) is 36.4 Å². The van der Waals surface area contributed by atoms with E-state index in [-0.39, 0.29) is 0 Å². The molecule has 2 rings (SSSR count). The quantitative estimate of drug-likeness (QED) is 0.843. The molecule has 0 amide bonds. The van der Waals surface area contributed by atoms with Gasteiger partial charge in [-0.15, -0.1) is 0 Å². The SMILES string of the molecule is CCCOc1ccc(Oc2ccc(CNC)c(C)n2)cc1. The third-order valence-electron chi connectivity index (χ3n) is 3.06. The maximum Gasteiger partial charge on any atom is 0.219 e. The van der Waals surface area contributed by atoms with Crippen molar-refractivity contribution in [1.82, 2.24) is 10.3 Å². The largest absolute Gasteiger partial charge is 0.494 e. The van der Waals surface area contributed by atoms with Crippen LogP contribution in [0.4, 0.5) is 0 Å². The summed E-state index contributed by atoms with van der Waals surface area (Å²) in [6.07, 6.45) is 1.00. The molecule has 0 saturated carbocycles. The van der Waals surface area contributed by atoms with Gasteiger partial charge in [0.05, 0.1) is 6.61 Å². The van der Waals surface area contributed by atoms with Crippen LogP contribution in [0.25, 0.3) is 0 Å². The molecule has 0 spiro atoms. The first kappa shape index (κ1) is 15.3. The Labute approximate surface area is 126 Å². The predicted octanol–water partition coefficient (Wildman–Crippen LogP) is 3.69. The van der Waals surface area contributed by atoms with Crippen molar-refractivity contribution in [2.75, 3.05) is 13.7 Å². The average Bonchev–Trinajstić information content (AvgIpc) is 2.49. The van der Waals surface area contributed by atoms with E-state index in [4.69, 9.17) is 9.47 Å². The normalized spacial score (nSPS) is 10.4. The highest BCUT2D eigenvalue weighted by molar-refractivity contribution is 5.34. The number of aromatic nitrogens is 1. The fraction of sp³-hybridized carbons (Fsp3) is 0.353. The van der Waals surface area contributed by atoms with Gasteiger partial charge in [0.15, 0.2) is 0 Å². The Kier molecular flexibility index (Phi) is 5.58. The Morgan fingerprint density at radius 2 is 1.76 bits per heavy atom. The van der Waals surface area contributed by atoms with Crippen LogP contribution in [0.2, 0.25) is 0 Å². The van der Waals surface area contributed by atoms with E-state index in [1.807, 2.05) is 50.4 Å². The van der Waals surface area contributed by atoms with E-state index in [0.717, 1.165) is 36.8 Å². The van der Waals surface area contributed by atoms with Gasteiger partial charge in [-0.25, -0.2) is 4.98 Å². The van der Waals surface area contributed by atoms with Gasteiger partial charge < -0.3 is 14.8 Å². The highest BCUT2D eigenvalue weighted by Gasteiger charge is 2.03. The second-order valence-electron chi connectivity index (χ2n) is 4.85. The van der Waals surface area contributed by atoms with Crippen LogP contribution < -0.4 is 14.8 Å². The minimum Gasteiger partial charge on any atom is -0.494 e. The van der Waals surface area contributed by atoms with Crippen LogP contribution in [-0.4, -0.2) is 18.6 Å². The molecule has 21 heavy (non-hydrogen) atoms. The van der Waals surface area contributed by atoms with E-state index in [1.54, 1.807) is 0 Å². The van der Waals surface area contributed by atoms with Gasteiger partial charge in [0, 0.05) is 18.3 Å². The van der Waals surface area contributed by atoms with Gasteiger partial charge in [-0.1, -0.05) is 13.0 Å². The van der Waals surface area contributed by atoms with Crippen LogP contribution in [0.1, 0.15) is 24.6 Å². The van der Waals surface area contributed by atoms with Gasteiger partial charge in [-0.3, -0.25) is 0 Å². The fourth-order valence-electron chi connectivity index (χ4n) is 1.95. The first-order valence-electron chi connectivity index (χ1n) is 7.24. The van der Waals surface area contributed by atoms with Crippen molar-refractivity contribution in [3.05, 3.63) is 47.7 Å². The first-order chi connectivity index (χ1) is 10.2. The molecule has 4 nitrogen and oxygen atoms in total. The Morgan fingerprint density at radius 3 is 2.38 bits per heavy atom. The van der Waals surface area contributed by atoms with Crippen LogP contribution in [0, 0.1) is 6.92 Å². The zero-order valence-corrected chi connectivity index (χ0v) is 12.8. The third kappa shape index (κ3) is 4.46. The summed E-state index contributed by atoms with van der Waals surface area (Å²) in [5.41, 5.74) is 2.15. The van der Waals surface area contributed by atoms with Gasteiger partial charge in [-0.05, 0) is 50.2 Å². The molecule has 4 heteroatoms. The second-order valence-corrected chi connectivity index (χ2v) is 4.85. The monoisotopic (exact) mass is 286 g/mol. The lowest BCUT2D eigenvalue weighted by Gasteiger charge is -2.09. The van der Waals surface area contributed by atoms with Crippen LogP contribution in [0.3, 0.4) is 0 Å². The Bertz CT molecular complexity index is 568. The minimum atomic E-state index is 0.606. The van der Waals surface area contributed by atoms with Crippen LogP contribution in [0.5, 0.6) is 17.4 Å². The lowest BCUT2D eigenvalue weighted by molar-refractivity contribution is 0.317. The number of hydrogen-bond donors (Lipinski definition) is 1.